The normalized spacial score (nSPS) is 9.00. The number of carbonyl (C=O) groups excluding carboxylic acids is 1. The average molecular weight is 226 g/mol. The second kappa shape index (κ2) is 5.12. The molecule has 1 rings (SSSR count). The van der Waals surface area contributed by atoms with Crippen LogP contribution in [-0.4, -0.2) is 20.2 Å². The first-order chi connectivity index (χ1) is 7.58. The predicted molar refractivity (Wildman–Crippen MR) is 51.8 cm³/mol. The fraction of sp³-hybridized carbons (Fsp3) is 0.182. The zero-order valence-electron chi connectivity index (χ0n) is 8.64. The minimum absolute atomic E-state index is 0.0512. The summed E-state index contributed by atoms with van der Waals surface area (Å²) in [4.78, 5) is 10.7. The molecule has 0 heterocycles. The summed E-state index contributed by atoms with van der Waals surface area (Å²) in [6.45, 7) is 0. The van der Waals surface area contributed by atoms with E-state index in [1.807, 2.05) is 0 Å². The molecule has 0 bridgehead atoms. The lowest BCUT2D eigenvalue weighted by Gasteiger charge is -2.03. The molecule has 0 saturated carbocycles. The van der Waals surface area contributed by atoms with Crippen LogP contribution in [0, 0.1) is 23.5 Å². The highest BCUT2D eigenvalue weighted by atomic mass is 19.2. The Hall–Kier alpha value is -2.09. The minimum atomic E-state index is -1.06. The van der Waals surface area contributed by atoms with Gasteiger partial charge in [0, 0.05) is 12.0 Å². The highest BCUT2D eigenvalue weighted by molar-refractivity contribution is 5.89. The van der Waals surface area contributed by atoms with E-state index in [1.54, 1.807) is 0 Å². The van der Waals surface area contributed by atoms with E-state index in [2.05, 4.69) is 16.6 Å². The first-order valence-corrected chi connectivity index (χ1v) is 4.21. The smallest absolute Gasteiger partial charge is 0.384 e. The van der Waals surface area contributed by atoms with Gasteiger partial charge < -0.3 is 9.47 Å². The number of methoxy groups -OCH3 is 2. The molecule has 1 aromatic rings. The van der Waals surface area contributed by atoms with Crippen molar-refractivity contribution >= 4 is 5.97 Å². The van der Waals surface area contributed by atoms with Crippen LogP contribution in [0.25, 0.3) is 0 Å². The fourth-order valence-electron chi connectivity index (χ4n) is 0.965. The lowest BCUT2D eigenvalue weighted by atomic mass is 10.2. The van der Waals surface area contributed by atoms with Crippen LogP contribution in [0.2, 0.25) is 0 Å². The van der Waals surface area contributed by atoms with E-state index in [0.29, 0.717) is 0 Å². The molecule has 0 fully saturated rings. The lowest BCUT2D eigenvalue weighted by Crippen LogP contribution is -1.96. The maximum Gasteiger partial charge on any atom is 0.384 e. The fourth-order valence-corrected chi connectivity index (χ4v) is 0.965. The predicted octanol–water partition coefficient (Wildman–Crippen LogP) is 1.50. The maximum absolute atomic E-state index is 12.9. The highest BCUT2D eigenvalue weighted by Crippen LogP contribution is 2.20. The summed E-state index contributed by atoms with van der Waals surface area (Å²) in [6, 6.07) is 1.71. The Morgan fingerprint density at radius 1 is 1.25 bits per heavy atom. The summed E-state index contributed by atoms with van der Waals surface area (Å²) in [5.74, 6) is 1.59. The molecule has 1 aromatic carbocycles. The van der Waals surface area contributed by atoms with Crippen LogP contribution >= 0.6 is 0 Å². The molecule has 0 aliphatic carbocycles. The van der Waals surface area contributed by atoms with Crippen molar-refractivity contribution < 1.29 is 23.0 Å². The summed E-state index contributed by atoms with van der Waals surface area (Å²) in [6.07, 6.45) is 0. The number of halogens is 2. The van der Waals surface area contributed by atoms with Gasteiger partial charge in [-0.3, -0.25) is 0 Å². The second-order valence-electron chi connectivity index (χ2n) is 2.71. The van der Waals surface area contributed by atoms with Crippen LogP contribution in [0.5, 0.6) is 5.75 Å². The zero-order valence-corrected chi connectivity index (χ0v) is 8.64. The molecular formula is C11H8F2O3. The van der Waals surface area contributed by atoms with Gasteiger partial charge in [-0.2, -0.15) is 0 Å². The largest absolute Gasteiger partial charge is 0.495 e. The molecule has 84 valence electrons. The van der Waals surface area contributed by atoms with Gasteiger partial charge >= 0.3 is 5.97 Å². The minimum Gasteiger partial charge on any atom is -0.495 e. The number of carbonyl (C=O) groups is 1. The molecule has 16 heavy (non-hydrogen) atoms. The highest BCUT2D eigenvalue weighted by Gasteiger charge is 2.08. The Labute approximate surface area is 91.0 Å². The van der Waals surface area contributed by atoms with Crippen LogP contribution in [0.3, 0.4) is 0 Å². The molecule has 0 amide bonds. The third kappa shape index (κ3) is 2.70. The monoisotopic (exact) mass is 226 g/mol. The summed E-state index contributed by atoms with van der Waals surface area (Å²) in [7, 11) is 2.45. The van der Waals surface area contributed by atoms with Gasteiger partial charge in [-0.05, 0) is 6.07 Å². The molecule has 0 aromatic heterocycles. The third-order valence-corrected chi connectivity index (χ3v) is 1.73. The van der Waals surface area contributed by atoms with Crippen LogP contribution in [0.4, 0.5) is 8.78 Å². The van der Waals surface area contributed by atoms with Gasteiger partial charge in [-0.1, -0.05) is 5.92 Å². The van der Waals surface area contributed by atoms with Gasteiger partial charge in [-0.25, -0.2) is 13.6 Å². The molecule has 0 saturated heterocycles. The summed E-state index contributed by atoms with van der Waals surface area (Å²) >= 11 is 0. The molecule has 0 unspecified atom stereocenters. The number of esters is 1. The van der Waals surface area contributed by atoms with E-state index >= 15 is 0 Å². The van der Waals surface area contributed by atoms with Gasteiger partial charge in [0.05, 0.1) is 19.8 Å². The van der Waals surface area contributed by atoms with Crippen molar-refractivity contribution in [1.29, 1.82) is 0 Å². The van der Waals surface area contributed by atoms with E-state index in [4.69, 9.17) is 4.74 Å². The molecule has 5 heteroatoms. The van der Waals surface area contributed by atoms with Gasteiger partial charge in [0.25, 0.3) is 0 Å². The van der Waals surface area contributed by atoms with Crippen LogP contribution in [-0.2, 0) is 9.53 Å². The van der Waals surface area contributed by atoms with Crippen molar-refractivity contribution in [3.05, 3.63) is 29.3 Å². The van der Waals surface area contributed by atoms with E-state index in [0.717, 1.165) is 12.1 Å². The molecule has 0 radical (unpaired) electrons. The summed E-state index contributed by atoms with van der Waals surface area (Å²) in [5.41, 5.74) is 0.0757. The quantitative estimate of drug-likeness (QED) is 0.537. The number of rotatable bonds is 1. The molecule has 0 aliphatic rings. The Bertz CT molecular complexity index is 472. The Morgan fingerprint density at radius 3 is 2.44 bits per heavy atom. The van der Waals surface area contributed by atoms with Gasteiger partial charge in [0.1, 0.15) is 5.75 Å². The summed E-state index contributed by atoms with van der Waals surface area (Å²) < 4.78 is 34.8. The topological polar surface area (TPSA) is 35.5 Å². The van der Waals surface area contributed by atoms with Crippen LogP contribution < -0.4 is 4.74 Å². The standard InChI is InChI=1S/C11H8F2O3/c1-15-10-6-9(13)8(12)5-7(10)3-4-11(14)16-2/h5-6H,1-2H3. The van der Waals surface area contributed by atoms with Crippen molar-refractivity contribution in [2.24, 2.45) is 0 Å². The van der Waals surface area contributed by atoms with Crippen molar-refractivity contribution in [2.75, 3.05) is 14.2 Å². The van der Waals surface area contributed by atoms with Crippen molar-refractivity contribution in [2.45, 2.75) is 0 Å². The molecule has 0 aliphatic heterocycles. The SMILES string of the molecule is COC(=O)C#Cc1cc(F)c(F)cc1OC. The summed E-state index contributed by atoms with van der Waals surface area (Å²) in [5, 5.41) is 0. The molecule has 3 nitrogen and oxygen atoms in total. The maximum atomic E-state index is 12.9. The lowest BCUT2D eigenvalue weighted by molar-refractivity contribution is -0.133. The van der Waals surface area contributed by atoms with E-state index in [-0.39, 0.29) is 11.3 Å². The van der Waals surface area contributed by atoms with Gasteiger partial charge in [0.2, 0.25) is 0 Å². The molecular weight excluding hydrogens is 218 g/mol. The molecule has 0 spiro atoms. The first kappa shape index (κ1) is 12.0. The van der Waals surface area contributed by atoms with Gasteiger partial charge in [-0.15, -0.1) is 0 Å². The zero-order chi connectivity index (χ0) is 12.1. The molecule has 0 atom stereocenters. The van der Waals surface area contributed by atoms with Gasteiger partial charge in [0.15, 0.2) is 11.6 Å². The van der Waals surface area contributed by atoms with Crippen molar-refractivity contribution in [3.8, 4) is 17.6 Å². The molecule has 0 N–H and O–H groups in total. The number of hydrogen-bond donors (Lipinski definition) is 0. The van der Waals surface area contributed by atoms with Crippen molar-refractivity contribution in [3.63, 3.8) is 0 Å². The first-order valence-electron chi connectivity index (χ1n) is 4.21. The number of benzene rings is 1. The van der Waals surface area contributed by atoms with E-state index < -0.39 is 17.6 Å². The second-order valence-corrected chi connectivity index (χ2v) is 2.71. The third-order valence-electron chi connectivity index (χ3n) is 1.73. The Kier molecular flexibility index (Phi) is 3.84. The van der Waals surface area contributed by atoms with E-state index in [9.17, 15) is 13.6 Å². The number of hydrogen-bond acceptors (Lipinski definition) is 3. The Balaban J connectivity index is 3.16. The van der Waals surface area contributed by atoms with Crippen LogP contribution in [0.1, 0.15) is 5.56 Å². The Morgan fingerprint density at radius 2 is 1.88 bits per heavy atom. The average Bonchev–Trinajstić information content (AvgIpc) is 2.29. The number of ether oxygens (including phenoxy) is 2. The van der Waals surface area contributed by atoms with Crippen molar-refractivity contribution in [1.82, 2.24) is 0 Å². The van der Waals surface area contributed by atoms with Crippen LogP contribution in [0.15, 0.2) is 12.1 Å². The van der Waals surface area contributed by atoms with E-state index in [1.165, 1.54) is 14.2 Å².